The van der Waals surface area contributed by atoms with E-state index in [1.807, 2.05) is 0 Å². The molecule has 22 heavy (non-hydrogen) atoms. The molecule has 2 rings (SSSR count). The van der Waals surface area contributed by atoms with Crippen LogP contribution in [-0.2, 0) is 14.8 Å². The van der Waals surface area contributed by atoms with Gasteiger partial charge >= 0.3 is 0 Å². The SMILES string of the molecule is CNS(=O)(=O)c1ccc(C=CC(=O)N2CCC(CN)C2)cc1. The van der Waals surface area contributed by atoms with Crippen molar-refractivity contribution in [2.45, 2.75) is 11.3 Å². The first-order valence-electron chi connectivity index (χ1n) is 7.17. The lowest BCUT2D eigenvalue weighted by Gasteiger charge is -2.13. The normalized spacial score (nSPS) is 19.0. The highest BCUT2D eigenvalue weighted by molar-refractivity contribution is 7.89. The predicted molar refractivity (Wildman–Crippen MR) is 85.5 cm³/mol. The molecule has 1 heterocycles. The monoisotopic (exact) mass is 323 g/mol. The summed E-state index contributed by atoms with van der Waals surface area (Å²) in [6.07, 6.45) is 4.15. The lowest BCUT2D eigenvalue weighted by molar-refractivity contribution is -0.125. The largest absolute Gasteiger partial charge is 0.339 e. The van der Waals surface area contributed by atoms with Gasteiger partial charge in [0.15, 0.2) is 0 Å². The number of rotatable bonds is 5. The van der Waals surface area contributed by atoms with Gasteiger partial charge in [0, 0.05) is 19.2 Å². The Bertz CT molecular complexity index is 653. The highest BCUT2D eigenvalue weighted by Crippen LogP contribution is 2.16. The molecule has 0 saturated carbocycles. The van der Waals surface area contributed by atoms with Gasteiger partial charge in [0.25, 0.3) is 0 Å². The van der Waals surface area contributed by atoms with Crippen molar-refractivity contribution in [3.8, 4) is 0 Å². The van der Waals surface area contributed by atoms with Crippen LogP contribution in [0.15, 0.2) is 35.2 Å². The van der Waals surface area contributed by atoms with Gasteiger partial charge in [-0.15, -0.1) is 0 Å². The maximum absolute atomic E-state index is 12.0. The Morgan fingerprint density at radius 2 is 2.09 bits per heavy atom. The van der Waals surface area contributed by atoms with Crippen molar-refractivity contribution in [3.63, 3.8) is 0 Å². The Morgan fingerprint density at radius 3 is 2.64 bits per heavy atom. The number of likely N-dealkylation sites (tertiary alicyclic amines) is 1. The van der Waals surface area contributed by atoms with Gasteiger partial charge in [-0.2, -0.15) is 0 Å². The summed E-state index contributed by atoms with van der Waals surface area (Å²) in [6.45, 7) is 2.05. The van der Waals surface area contributed by atoms with Crippen LogP contribution in [0, 0.1) is 5.92 Å². The Morgan fingerprint density at radius 1 is 1.41 bits per heavy atom. The molecule has 1 unspecified atom stereocenters. The van der Waals surface area contributed by atoms with Crippen molar-refractivity contribution in [3.05, 3.63) is 35.9 Å². The van der Waals surface area contributed by atoms with Crippen LogP contribution < -0.4 is 10.5 Å². The zero-order valence-corrected chi connectivity index (χ0v) is 13.3. The third-order valence-corrected chi connectivity index (χ3v) is 5.24. The second kappa shape index (κ2) is 7.04. The maximum Gasteiger partial charge on any atom is 0.246 e. The number of nitrogens with one attached hydrogen (secondary N) is 1. The molecule has 0 radical (unpaired) electrons. The summed E-state index contributed by atoms with van der Waals surface area (Å²) in [6, 6.07) is 6.36. The molecule has 1 saturated heterocycles. The molecule has 1 atom stereocenters. The van der Waals surface area contributed by atoms with E-state index in [2.05, 4.69) is 4.72 Å². The first-order valence-corrected chi connectivity index (χ1v) is 8.65. The number of nitrogens with two attached hydrogens (primary N) is 1. The van der Waals surface area contributed by atoms with E-state index >= 15 is 0 Å². The van der Waals surface area contributed by atoms with Crippen molar-refractivity contribution in [2.75, 3.05) is 26.7 Å². The van der Waals surface area contributed by atoms with Crippen LogP contribution >= 0.6 is 0 Å². The van der Waals surface area contributed by atoms with Gasteiger partial charge in [-0.1, -0.05) is 12.1 Å². The maximum atomic E-state index is 12.0. The molecular formula is C15H21N3O3S. The molecule has 0 spiro atoms. The summed E-state index contributed by atoms with van der Waals surface area (Å²) in [4.78, 5) is 14.0. The molecule has 1 amide bonds. The number of hydrogen-bond donors (Lipinski definition) is 2. The fourth-order valence-corrected chi connectivity index (χ4v) is 3.10. The van der Waals surface area contributed by atoms with Crippen LogP contribution in [0.3, 0.4) is 0 Å². The molecule has 6 nitrogen and oxygen atoms in total. The van der Waals surface area contributed by atoms with Gasteiger partial charge in [0.05, 0.1) is 4.90 Å². The fourth-order valence-electron chi connectivity index (χ4n) is 2.37. The van der Waals surface area contributed by atoms with Crippen molar-refractivity contribution in [1.82, 2.24) is 9.62 Å². The van der Waals surface area contributed by atoms with Crippen molar-refractivity contribution < 1.29 is 13.2 Å². The summed E-state index contributed by atoms with van der Waals surface area (Å²) < 4.78 is 25.5. The second-order valence-corrected chi connectivity index (χ2v) is 7.17. The quantitative estimate of drug-likeness (QED) is 0.768. The third kappa shape index (κ3) is 3.94. The zero-order valence-electron chi connectivity index (χ0n) is 12.5. The fraction of sp³-hybridized carbons (Fsp3) is 0.400. The number of carbonyl (C=O) groups is 1. The molecule has 0 aromatic heterocycles. The number of benzene rings is 1. The topological polar surface area (TPSA) is 92.5 Å². The standard InChI is InChI=1S/C15H21N3O3S/c1-17-22(20,21)14-5-2-12(3-6-14)4-7-15(19)18-9-8-13(10-16)11-18/h2-7,13,17H,8-11,16H2,1H3. The van der Waals surface area contributed by atoms with Gasteiger partial charge in [-0.05, 0) is 49.7 Å². The number of carbonyl (C=O) groups excluding carboxylic acids is 1. The van der Waals surface area contributed by atoms with Gasteiger partial charge in [0.2, 0.25) is 15.9 Å². The van der Waals surface area contributed by atoms with Gasteiger partial charge in [-0.25, -0.2) is 13.1 Å². The van der Waals surface area contributed by atoms with E-state index in [1.165, 1.54) is 25.3 Å². The first-order chi connectivity index (χ1) is 10.5. The van der Waals surface area contributed by atoms with Crippen LogP contribution in [0.2, 0.25) is 0 Å². The highest BCUT2D eigenvalue weighted by atomic mass is 32.2. The second-order valence-electron chi connectivity index (χ2n) is 5.28. The number of amides is 1. The summed E-state index contributed by atoms with van der Waals surface area (Å²) in [7, 11) is -2.06. The molecule has 1 aromatic rings. The van der Waals surface area contributed by atoms with Crippen molar-refractivity contribution >= 4 is 22.0 Å². The molecule has 1 fully saturated rings. The molecule has 0 bridgehead atoms. The molecule has 3 N–H and O–H groups in total. The molecule has 0 aliphatic carbocycles. The van der Waals surface area contributed by atoms with Crippen molar-refractivity contribution in [2.24, 2.45) is 11.7 Å². The van der Waals surface area contributed by atoms with E-state index in [0.717, 1.165) is 18.5 Å². The smallest absolute Gasteiger partial charge is 0.246 e. The molecule has 1 aromatic carbocycles. The molecular weight excluding hydrogens is 302 g/mol. The van der Waals surface area contributed by atoms with Gasteiger partial charge in [-0.3, -0.25) is 4.79 Å². The summed E-state index contributed by atoms with van der Waals surface area (Å²) in [5.41, 5.74) is 6.39. The highest BCUT2D eigenvalue weighted by Gasteiger charge is 2.23. The predicted octanol–water partition coefficient (Wildman–Crippen LogP) is 0.415. The van der Waals surface area contributed by atoms with Crippen LogP contribution in [0.1, 0.15) is 12.0 Å². The van der Waals surface area contributed by atoms with E-state index in [9.17, 15) is 13.2 Å². The van der Waals surface area contributed by atoms with Crippen molar-refractivity contribution in [1.29, 1.82) is 0 Å². The zero-order chi connectivity index (χ0) is 16.2. The summed E-state index contributed by atoms with van der Waals surface area (Å²) in [5.74, 6) is 0.353. The van der Waals surface area contributed by atoms with E-state index in [4.69, 9.17) is 5.73 Å². The van der Waals surface area contributed by atoms with Crippen LogP contribution in [-0.4, -0.2) is 45.9 Å². The minimum absolute atomic E-state index is 0.0390. The Labute approximate surface area is 131 Å². The lowest BCUT2D eigenvalue weighted by Crippen LogP contribution is -2.28. The Balaban J connectivity index is 2.00. The Kier molecular flexibility index (Phi) is 5.33. The number of sulfonamides is 1. The van der Waals surface area contributed by atoms with Gasteiger partial charge in [0.1, 0.15) is 0 Å². The number of nitrogens with zero attached hydrogens (tertiary/aromatic N) is 1. The van der Waals surface area contributed by atoms with Gasteiger partial charge < -0.3 is 10.6 Å². The van der Waals surface area contributed by atoms with Crippen LogP contribution in [0.4, 0.5) is 0 Å². The average molecular weight is 323 g/mol. The first kappa shape index (κ1) is 16.7. The van der Waals surface area contributed by atoms with Crippen LogP contribution in [0.25, 0.3) is 6.08 Å². The average Bonchev–Trinajstić information content (AvgIpc) is 3.02. The molecule has 1 aliphatic rings. The Hall–Kier alpha value is -1.70. The number of hydrogen-bond acceptors (Lipinski definition) is 4. The minimum atomic E-state index is -3.43. The van der Waals surface area contributed by atoms with E-state index in [-0.39, 0.29) is 10.8 Å². The molecule has 7 heteroatoms. The van der Waals surface area contributed by atoms with E-state index < -0.39 is 10.0 Å². The summed E-state index contributed by atoms with van der Waals surface area (Å²) in [5, 5.41) is 0. The van der Waals surface area contributed by atoms with E-state index in [0.29, 0.717) is 19.0 Å². The van der Waals surface area contributed by atoms with Crippen LogP contribution in [0.5, 0.6) is 0 Å². The third-order valence-electron chi connectivity index (χ3n) is 3.81. The van der Waals surface area contributed by atoms with E-state index in [1.54, 1.807) is 23.1 Å². The summed E-state index contributed by atoms with van der Waals surface area (Å²) >= 11 is 0. The minimum Gasteiger partial charge on any atom is -0.339 e. The molecule has 1 aliphatic heterocycles. The lowest BCUT2D eigenvalue weighted by atomic mass is 10.1. The molecule has 120 valence electrons.